The minimum Gasteiger partial charge on any atom is -0.375 e. The molecule has 1 rings (SSSR count). The van der Waals surface area contributed by atoms with Gasteiger partial charge in [0.1, 0.15) is 0 Å². The summed E-state index contributed by atoms with van der Waals surface area (Å²) in [5, 5.41) is 0. The van der Waals surface area contributed by atoms with E-state index >= 15 is 0 Å². The Morgan fingerprint density at radius 1 is 1.40 bits per heavy atom. The first-order chi connectivity index (χ1) is 7.26. The van der Waals surface area contributed by atoms with Crippen molar-refractivity contribution in [2.24, 2.45) is 11.7 Å². The Labute approximate surface area is 91.7 Å². The number of rotatable bonds is 6. The third kappa shape index (κ3) is 4.40. The summed E-state index contributed by atoms with van der Waals surface area (Å²) in [6.07, 6.45) is 1.15. The second-order valence-electron chi connectivity index (χ2n) is 3.85. The normalized spacial score (nSPS) is 12.7. The van der Waals surface area contributed by atoms with E-state index in [1.165, 1.54) is 0 Å². The van der Waals surface area contributed by atoms with E-state index in [1.807, 2.05) is 18.2 Å². The molecule has 0 aliphatic carbocycles. The topological polar surface area (TPSA) is 48.1 Å². The van der Waals surface area contributed by atoms with Crippen LogP contribution in [0.2, 0.25) is 0 Å². The maximum absolute atomic E-state index is 5.57. The van der Waals surface area contributed by atoms with Crippen LogP contribution in [0, 0.1) is 5.92 Å². The predicted molar refractivity (Wildman–Crippen MR) is 61.2 cm³/mol. The van der Waals surface area contributed by atoms with Crippen LogP contribution in [0.3, 0.4) is 0 Å². The van der Waals surface area contributed by atoms with Gasteiger partial charge in [0, 0.05) is 13.2 Å². The largest absolute Gasteiger partial charge is 0.375 e. The average Bonchev–Trinajstić information content (AvgIpc) is 2.29. The van der Waals surface area contributed by atoms with Crippen molar-refractivity contribution in [3.8, 4) is 0 Å². The number of pyridine rings is 1. The molecule has 0 amide bonds. The Kier molecular flexibility index (Phi) is 5.29. The van der Waals surface area contributed by atoms with Gasteiger partial charge in [-0.15, -0.1) is 0 Å². The second-order valence-corrected chi connectivity index (χ2v) is 3.85. The molecule has 1 aromatic rings. The van der Waals surface area contributed by atoms with Crippen LogP contribution >= 0.6 is 0 Å². The molecule has 3 nitrogen and oxygen atoms in total. The average molecular weight is 208 g/mol. The Balaban J connectivity index is 2.37. The van der Waals surface area contributed by atoms with E-state index in [0.29, 0.717) is 19.1 Å². The van der Waals surface area contributed by atoms with E-state index in [1.54, 1.807) is 0 Å². The highest BCUT2D eigenvalue weighted by molar-refractivity contribution is 5.10. The first-order valence-electron chi connectivity index (χ1n) is 5.48. The monoisotopic (exact) mass is 208 g/mol. The third-order valence-electron chi connectivity index (χ3n) is 2.42. The quantitative estimate of drug-likeness (QED) is 0.778. The zero-order chi connectivity index (χ0) is 11.1. The van der Waals surface area contributed by atoms with Crippen LogP contribution in [0.15, 0.2) is 18.2 Å². The SMILES string of the molecule is CCC(C)COCc1cccc(CN)n1. The highest BCUT2D eigenvalue weighted by Crippen LogP contribution is 2.04. The fraction of sp³-hybridized carbons (Fsp3) is 0.583. The minimum atomic E-state index is 0.485. The van der Waals surface area contributed by atoms with E-state index in [4.69, 9.17) is 10.5 Å². The summed E-state index contributed by atoms with van der Waals surface area (Å²) in [6.45, 7) is 6.22. The molecular weight excluding hydrogens is 188 g/mol. The van der Waals surface area contributed by atoms with Crippen molar-refractivity contribution < 1.29 is 4.74 Å². The number of nitrogens with zero attached hydrogens (tertiary/aromatic N) is 1. The van der Waals surface area contributed by atoms with Crippen LogP contribution in [0.25, 0.3) is 0 Å². The molecule has 0 spiro atoms. The number of ether oxygens (including phenoxy) is 1. The molecule has 1 unspecified atom stereocenters. The van der Waals surface area contributed by atoms with Crippen LogP contribution in [0.4, 0.5) is 0 Å². The smallest absolute Gasteiger partial charge is 0.0888 e. The van der Waals surface area contributed by atoms with Gasteiger partial charge in [0.15, 0.2) is 0 Å². The van der Waals surface area contributed by atoms with Gasteiger partial charge < -0.3 is 10.5 Å². The molecule has 0 radical (unpaired) electrons. The van der Waals surface area contributed by atoms with Gasteiger partial charge >= 0.3 is 0 Å². The fourth-order valence-corrected chi connectivity index (χ4v) is 1.21. The molecule has 2 N–H and O–H groups in total. The summed E-state index contributed by atoms with van der Waals surface area (Å²) >= 11 is 0. The number of nitrogens with two attached hydrogens (primary N) is 1. The van der Waals surface area contributed by atoms with Crippen LogP contribution in [-0.4, -0.2) is 11.6 Å². The lowest BCUT2D eigenvalue weighted by Crippen LogP contribution is -2.07. The number of hydrogen-bond acceptors (Lipinski definition) is 3. The minimum absolute atomic E-state index is 0.485. The molecule has 1 aromatic heterocycles. The standard InChI is InChI=1S/C12H20N2O/c1-3-10(2)8-15-9-12-6-4-5-11(7-13)14-12/h4-6,10H,3,7-9,13H2,1-2H3. The third-order valence-corrected chi connectivity index (χ3v) is 2.42. The van der Waals surface area contributed by atoms with Gasteiger partial charge in [-0.2, -0.15) is 0 Å². The van der Waals surface area contributed by atoms with Crippen molar-refractivity contribution in [1.82, 2.24) is 4.98 Å². The van der Waals surface area contributed by atoms with E-state index in [9.17, 15) is 0 Å². The van der Waals surface area contributed by atoms with Gasteiger partial charge in [0.2, 0.25) is 0 Å². The summed E-state index contributed by atoms with van der Waals surface area (Å²) < 4.78 is 5.57. The molecule has 0 aliphatic heterocycles. The van der Waals surface area contributed by atoms with Crippen LogP contribution < -0.4 is 5.73 Å². The maximum Gasteiger partial charge on any atom is 0.0888 e. The summed E-state index contributed by atoms with van der Waals surface area (Å²) in [5.41, 5.74) is 7.39. The van der Waals surface area contributed by atoms with Crippen molar-refractivity contribution in [2.75, 3.05) is 6.61 Å². The Morgan fingerprint density at radius 3 is 2.80 bits per heavy atom. The van der Waals surface area contributed by atoms with Gasteiger partial charge in [-0.05, 0) is 18.1 Å². The van der Waals surface area contributed by atoms with Crippen molar-refractivity contribution >= 4 is 0 Å². The lowest BCUT2D eigenvalue weighted by Gasteiger charge is -2.09. The van der Waals surface area contributed by atoms with E-state index in [0.717, 1.165) is 24.4 Å². The lowest BCUT2D eigenvalue weighted by atomic mass is 10.1. The molecule has 0 fully saturated rings. The number of hydrogen-bond donors (Lipinski definition) is 1. The zero-order valence-corrected chi connectivity index (χ0v) is 9.57. The van der Waals surface area contributed by atoms with Crippen molar-refractivity contribution in [3.05, 3.63) is 29.6 Å². The molecule has 0 bridgehead atoms. The first kappa shape index (κ1) is 12.1. The Bertz CT molecular complexity index is 289. The van der Waals surface area contributed by atoms with Gasteiger partial charge in [-0.1, -0.05) is 26.3 Å². The van der Waals surface area contributed by atoms with Gasteiger partial charge in [-0.25, -0.2) is 0 Å². The molecule has 0 aliphatic rings. The summed E-state index contributed by atoms with van der Waals surface area (Å²) in [6, 6.07) is 5.87. The fourth-order valence-electron chi connectivity index (χ4n) is 1.21. The van der Waals surface area contributed by atoms with Crippen molar-refractivity contribution in [1.29, 1.82) is 0 Å². The molecule has 84 valence electrons. The molecular formula is C12H20N2O. The van der Waals surface area contributed by atoms with Crippen molar-refractivity contribution in [2.45, 2.75) is 33.4 Å². The lowest BCUT2D eigenvalue weighted by molar-refractivity contribution is 0.0887. The summed E-state index contributed by atoms with van der Waals surface area (Å²) in [7, 11) is 0. The maximum atomic E-state index is 5.57. The highest BCUT2D eigenvalue weighted by atomic mass is 16.5. The van der Waals surface area contributed by atoms with Gasteiger partial charge in [-0.3, -0.25) is 4.98 Å². The van der Waals surface area contributed by atoms with Crippen molar-refractivity contribution in [3.63, 3.8) is 0 Å². The molecule has 0 saturated carbocycles. The molecule has 1 heterocycles. The second kappa shape index (κ2) is 6.53. The predicted octanol–water partition coefficient (Wildman–Crippen LogP) is 2.10. The summed E-state index contributed by atoms with van der Waals surface area (Å²) in [5.74, 6) is 0.614. The van der Waals surface area contributed by atoms with E-state index < -0.39 is 0 Å². The molecule has 0 saturated heterocycles. The summed E-state index contributed by atoms with van der Waals surface area (Å²) in [4.78, 5) is 4.36. The molecule has 1 atom stereocenters. The Hall–Kier alpha value is -0.930. The molecule has 3 heteroatoms. The van der Waals surface area contributed by atoms with Gasteiger partial charge in [0.25, 0.3) is 0 Å². The number of aromatic nitrogens is 1. The van der Waals surface area contributed by atoms with Crippen LogP contribution in [0.5, 0.6) is 0 Å². The van der Waals surface area contributed by atoms with Crippen LogP contribution in [0.1, 0.15) is 31.7 Å². The van der Waals surface area contributed by atoms with E-state index in [2.05, 4.69) is 18.8 Å². The van der Waals surface area contributed by atoms with E-state index in [-0.39, 0.29) is 0 Å². The first-order valence-corrected chi connectivity index (χ1v) is 5.48. The zero-order valence-electron chi connectivity index (χ0n) is 9.57. The van der Waals surface area contributed by atoms with Crippen LogP contribution in [-0.2, 0) is 17.9 Å². The molecule has 15 heavy (non-hydrogen) atoms. The molecule has 0 aromatic carbocycles. The Morgan fingerprint density at radius 2 is 2.13 bits per heavy atom. The van der Waals surface area contributed by atoms with Gasteiger partial charge in [0.05, 0.1) is 18.0 Å². The highest BCUT2D eigenvalue weighted by Gasteiger charge is 2.00.